The molecular formula is C15H20FNO2. The van der Waals surface area contributed by atoms with E-state index >= 15 is 0 Å². The topological polar surface area (TPSA) is 29.5 Å². The molecule has 1 aliphatic rings. The zero-order valence-electron chi connectivity index (χ0n) is 11.5. The fraction of sp³-hybridized carbons (Fsp3) is 0.533. The third-order valence-corrected chi connectivity index (χ3v) is 3.52. The molecule has 0 saturated carbocycles. The molecule has 0 spiro atoms. The molecule has 1 aliphatic heterocycles. The molecule has 4 heteroatoms. The minimum atomic E-state index is -0.427. The fourth-order valence-electron chi connectivity index (χ4n) is 2.36. The van der Waals surface area contributed by atoms with Gasteiger partial charge in [-0.2, -0.15) is 0 Å². The van der Waals surface area contributed by atoms with E-state index in [0.717, 1.165) is 25.9 Å². The van der Waals surface area contributed by atoms with E-state index in [-0.39, 0.29) is 17.6 Å². The van der Waals surface area contributed by atoms with Crippen LogP contribution in [-0.2, 0) is 4.74 Å². The van der Waals surface area contributed by atoms with E-state index in [9.17, 15) is 9.18 Å². The smallest absolute Gasteiger partial charge is 0.256 e. The Balaban J connectivity index is 2.03. The van der Waals surface area contributed by atoms with Gasteiger partial charge < -0.3 is 9.64 Å². The predicted octanol–water partition coefficient (Wildman–Crippen LogP) is 2.78. The van der Waals surface area contributed by atoms with Gasteiger partial charge >= 0.3 is 0 Å². The van der Waals surface area contributed by atoms with E-state index in [2.05, 4.69) is 0 Å². The highest BCUT2D eigenvalue weighted by Gasteiger charge is 2.21. The van der Waals surface area contributed by atoms with Gasteiger partial charge in [-0.25, -0.2) is 4.39 Å². The molecule has 104 valence electrons. The second-order valence-corrected chi connectivity index (χ2v) is 5.11. The molecule has 1 saturated heterocycles. The Morgan fingerprint density at radius 2 is 2.26 bits per heavy atom. The van der Waals surface area contributed by atoms with Crippen molar-refractivity contribution < 1.29 is 13.9 Å². The maximum Gasteiger partial charge on any atom is 0.256 e. The van der Waals surface area contributed by atoms with Crippen molar-refractivity contribution in [1.29, 1.82) is 0 Å². The third kappa shape index (κ3) is 3.32. The largest absolute Gasteiger partial charge is 0.376 e. The summed E-state index contributed by atoms with van der Waals surface area (Å²) in [5.41, 5.74) is 0.631. The third-order valence-electron chi connectivity index (χ3n) is 3.52. The molecule has 0 radical (unpaired) electrons. The maximum absolute atomic E-state index is 13.9. The number of carbonyl (C=O) groups is 1. The first-order valence-electron chi connectivity index (χ1n) is 6.72. The van der Waals surface area contributed by atoms with E-state index < -0.39 is 5.82 Å². The monoisotopic (exact) mass is 265 g/mol. The maximum atomic E-state index is 13.9. The Hall–Kier alpha value is -1.42. The van der Waals surface area contributed by atoms with Crippen LogP contribution in [0.3, 0.4) is 0 Å². The lowest BCUT2D eigenvalue weighted by Crippen LogP contribution is -2.37. The lowest BCUT2D eigenvalue weighted by molar-refractivity contribution is -0.000272. The summed E-state index contributed by atoms with van der Waals surface area (Å²) >= 11 is 0. The normalized spacial score (nSPS) is 19.2. The highest BCUT2D eigenvalue weighted by molar-refractivity contribution is 5.94. The van der Waals surface area contributed by atoms with Gasteiger partial charge in [0.05, 0.1) is 11.7 Å². The predicted molar refractivity (Wildman–Crippen MR) is 71.7 cm³/mol. The number of nitrogens with zero attached hydrogens (tertiary/aromatic N) is 1. The number of likely N-dealkylation sites (N-methyl/N-ethyl adjacent to an activating group) is 1. The number of halogens is 1. The SMILES string of the molecule is Cc1cccc(C(=O)N(C)CC2CCCCO2)c1F. The van der Waals surface area contributed by atoms with Crippen LogP contribution in [0.5, 0.6) is 0 Å². The molecule has 1 aromatic rings. The molecule has 19 heavy (non-hydrogen) atoms. The van der Waals surface area contributed by atoms with Gasteiger partial charge in [-0.05, 0) is 37.8 Å². The summed E-state index contributed by atoms with van der Waals surface area (Å²) in [4.78, 5) is 13.8. The van der Waals surface area contributed by atoms with E-state index in [1.54, 1.807) is 31.0 Å². The summed E-state index contributed by atoms with van der Waals surface area (Å²) < 4.78 is 19.5. The molecule has 1 unspecified atom stereocenters. The number of hydrogen-bond donors (Lipinski definition) is 0. The van der Waals surface area contributed by atoms with Crippen molar-refractivity contribution in [2.24, 2.45) is 0 Å². The summed E-state index contributed by atoms with van der Waals surface area (Å²) in [6.45, 7) is 2.94. The number of benzene rings is 1. The molecule has 1 heterocycles. The highest BCUT2D eigenvalue weighted by Crippen LogP contribution is 2.17. The van der Waals surface area contributed by atoms with Crippen molar-refractivity contribution in [2.75, 3.05) is 20.2 Å². The van der Waals surface area contributed by atoms with Crippen molar-refractivity contribution >= 4 is 5.91 Å². The summed E-state index contributed by atoms with van der Waals surface area (Å²) in [6, 6.07) is 4.90. The van der Waals surface area contributed by atoms with E-state index in [1.165, 1.54) is 6.07 Å². The number of amides is 1. The lowest BCUT2D eigenvalue weighted by Gasteiger charge is -2.27. The summed E-state index contributed by atoms with van der Waals surface area (Å²) in [5.74, 6) is -0.709. The molecule has 1 fully saturated rings. The van der Waals surface area contributed by atoms with Crippen molar-refractivity contribution in [3.05, 3.63) is 35.1 Å². The van der Waals surface area contributed by atoms with Crippen LogP contribution in [0.4, 0.5) is 4.39 Å². The van der Waals surface area contributed by atoms with Crippen LogP contribution < -0.4 is 0 Å². The molecule has 0 bridgehead atoms. The Morgan fingerprint density at radius 1 is 1.47 bits per heavy atom. The molecule has 1 amide bonds. The minimum absolute atomic E-state index is 0.0792. The zero-order chi connectivity index (χ0) is 13.8. The number of hydrogen-bond acceptors (Lipinski definition) is 2. The first kappa shape index (κ1) is 14.0. The number of rotatable bonds is 3. The second kappa shape index (κ2) is 6.15. The van der Waals surface area contributed by atoms with Crippen molar-refractivity contribution in [2.45, 2.75) is 32.3 Å². The number of ether oxygens (including phenoxy) is 1. The Morgan fingerprint density at radius 3 is 2.95 bits per heavy atom. The lowest BCUT2D eigenvalue weighted by atomic mass is 10.1. The van der Waals surface area contributed by atoms with Crippen molar-refractivity contribution in [3.8, 4) is 0 Å². The standard InChI is InChI=1S/C15H20FNO2/c1-11-6-5-8-13(14(11)16)15(18)17(2)10-12-7-3-4-9-19-12/h5-6,8,12H,3-4,7,9-10H2,1-2H3. The summed E-state index contributed by atoms with van der Waals surface area (Å²) in [5, 5.41) is 0. The minimum Gasteiger partial charge on any atom is -0.376 e. The summed E-state index contributed by atoms with van der Waals surface area (Å²) in [7, 11) is 1.70. The molecule has 1 aromatic carbocycles. The van der Waals surface area contributed by atoms with Crippen molar-refractivity contribution in [3.63, 3.8) is 0 Å². The fourth-order valence-corrected chi connectivity index (χ4v) is 2.36. The molecule has 0 N–H and O–H groups in total. The highest BCUT2D eigenvalue weighted by atomic mass is 19.1. The van der Waals surface area contributed by atoms with Crippen LogP contribution in [0.2, 0.25) is 0 Å². The van der Waals surface area contributed by atoms with Gasteiger partial charge in [-0.3, -0.25) is 4.79 Å². The van der Waals surface area contributed by atoms with Crippen LogP contribution in [0.1, 0.15) is 35.2 Å². The van der Waals surface area contributed by atoms with Gasteiger partial charge in [-0.1, -0.05) is 12.1 Å². The van der Waals surface area contributed by atoms with E-state index in [0.29, 0.717) is 12.1 Å². The van der Waals surface area contributed by atoms with Crippen LogP contribution in [0.15, 0.2) is 18.2 Å². The second-order valence-electron chi connectivity index (χ2n) is 5.11. The van der Waals surface area contributed by atoms with Crippen LogP contribution >= 0.6 is 0 Å². The van der Waals surface area contributed by atoms with Crippen LogP contribution in [0, 0.1) is 12.7 Å². The average Bonchev–Trinajstić information content (AvgIpc) is 2.42. The quantitative estimate of drug-likeness (QED) is 0.841. The molecule has 0 aromatic heterocycles. The van der Waals surface area contributed by atoms with Gasteiger partial charge in [0.2, 0.25) is 0 Å². The summed E-state index contributed by atoms with van der Waals surface area (Å²) in [6.07, 6.45) is 3.26. The zero-order valence-corrected chi connectivity index (χ0v) is 11.5. The first-order chi connectivity index (χ1) is 9.09. The molecule has 3 nitrogen and oxygen atoms in total. The Bertz CT molecular complexity index is 455. The van der Waals surface area contributed by atoms with Crippen LogP contribution in [-0.4, -0.2) is 37.1 Å². The van der Waals surface area contributed by atoms with Gasteiger partial charge in [0.1, 0.15) is 5.82 Å². The van der Waals surface area contributed by atoms with Gasteiger partial charge in [0.25, 0.3) is 5.91 Å². The van der Waals surface area contributed by atoms with E-state index in [1.807, 2.05) is 0 Å². The van der Waals surface area contributed by atoms with Crippen LogP contribution in [0.25, 0.3) is 0 Å². The van der Waals surface area contributed by atoms with Gasteiger partial charge in [-0.15, -0.1) is 0 Å². The Kier molecular flexibility index (Phi) is 4.53. The molecule has 1 atom stereocenters. The van der Waals surface area contributed by atoms with Crippen molar-refractivity contribution in [1.82, 2.24) is 4.90 Å². The Labute approximate surface area is 113 Å². The van der Waals surface area contributed by atoms with Gasteiger partial charge in [0, 0.05) is 20.2 Å². The van der Waals surface area contributed by atoms with E-state index in [4.69, 9.17) is 4.74 Å². The molecule has 0 aliphatic carbocycles. The molecular weight excluding hydrogens is 245 g/mol. The first-order valence-corrected chi connectivity index (χ1v) is 6.72. The van der Waals surface area contributed by atoms with Gasteiger partial charge in [0.15, 0.2) is 0 Å². The molecule has 2 rings (SSSR count). The number of aryl methyl sites for hydroxylation is 1. The average molecular weight is 265 g/mol. The number of carbonyl (C=O) groups excluding carboxylic acids is 1.